The SMILES string of the molecule is C=C1CC2C/C=C\C(=O)OC3C(C)C(C/C=C\c4nc(co4)C4CC(O)CC(CC(C1)O2)O4)OC(/C(C)=C/c1cnc(CC2(OC)CC(OC)CC(C(/C=C(C)/C=C/C(CCC)OC)O[Si](c4ccccc4)(c4ccccc4)C(C)(C)C)O2)o1)C3C. The molecule has 0 spiro atoms. The van der Waals surface area contributed by atoms with Gasteiger partial charge in [-0.3, -0.25) is 0 Å². The van der Waals surface area contributed by atoms with Crippen LogP contribution in [0.1, 0.15) is 155 Å². The van der Waals surface area contributed by atoms with Gasteiger partial charge in [-0.05, 0) is 85.5 Å². The molecule has 5 aliphatic rings. The predicted octanol–water partition coefficient (Wildman–Crippen LogP) is 12.5. The van der Waals surface area contributed by atoms with E-state index in [0.717, 1.165) is 39.9 Å². The Bertz CT molecular complexity index is 2960. The number of carbonyl (C=O) groups is 1. The van der Waals surface area contributed by atoms with Crippen molar-refractivity contribution in [2.45, 2.75) is 217 Å². The number of rotatable bonds is 17. The number of hydrogen-bond donors (Lipinski definition) is 1. The van der Waals surface area contributed by atoms with Crippen molar-refractivity contribution in [2.24, 2.45) is 11.8 Å². The molecule has 8 bridgehead atoms. The molecule has 16 heteroatoms. The second kappa shape index (κ2) is 29.3. The lowest BCUT2D eigenvalue weighted by molar-refractivity contribution is -0.297. The number of aromatic nitrogens is 2. The molecule has 86 heavy (non-hydrogen) atoms. The van der Waals surface area contributed by atoms with Gasteiger partial charge in [-0.1, -0.05) is 157 Å². The maximum atomic E-state index is 13.8. The fourth-order valence-corrected chi connectivity index (χ4v) is 18.3. The van der Waals surface area contributed by atoms with Gasteiger partial charge in [0, 0.05) is 64.9 Å². The van der Waals surface area contributed by atoms with E-state index in [0.29, 0.717) is 81.0 Å². The highest BCUT2D eigenvalue weighted by atomic mass is 28.4. The zero-order chi connectivity index (χ0) is 61.2. The molecule has 0 aliphatic carbocycles. The fourth-order valence-electron chi connectivity index (χ4n) is 13.7. The average molecular weight is 1200 g/mol. The first-order chi connectivity index (χ1) is 41.3. The summed E-state index contributed by atoms with van der Waals surface area (Å²) >= 11 is 0. The zero-order valence-corrected chi connectivity index (χ0v) is 53.6. The Labute approximate surface area is 511 Å². The summed E-state index contributed by atoms with van der Waals surface area (Å²) in [6.07, 6.45) is 21.8. The number of hydrogen-bond acceptors (Lipinski definition) is 15. The van der Waals surface area contributed by atoms with Gasteiger partial charge in [-0.2, -0.15) is 0 Å². The Morgan fingerprint density at radius 1 is 0.895 bits per heavy atom. The van der Waals surface area contributed by atoms with Crippen LogP contribution in [-0.4, -0.2) is 124 Å². The van der Waals surface area contributed by atoms with E-state index in [4.69, 9.17) is 61.1 Å². The lowest BCUT2D eigenvalue weighted by Crippen LogP contribution is -2.69. The number of benzene rings is 2. The molecule has 0 saturated carbocycles. The number of aliphatic hydroxyl groups excluding tert-OH is 1. The molecule has 0 amide bonds. The molecule has 2 aromatic heterocycles. The molecule has 466 valence electrons. The van der Waals surface area contributed by atoms with E-state index in [2.05, 4.69) is 134 Å². The van der Waals surface area contributed by atoms with Crippen molar-refractivity contribution in [1.29, 1.82) is 0 Å². The van der Waals surface area contributed by atoms with Crippen LogP contribution in [-0.2, 0) is 53.5 Å². The molecule has 15 unspecified atom stereocenters. The largest absolute Gasteiger partial charge is 0.458 e. The van der Waals surface area contributed by atoms with Crippen molar-refractivity contribution >= 4 is 36.8 Å². The number of ether oxygens (including phenoxy) is 8. The van der Waals surface area contributed by atoms with Gasteiger partial charge < -0.3 is 56.3 Å². The molecule has 5 aliphatic heterocycles. The molecule has 15 atom stereocenters. The summed E-state index contributed by atoms with van der Waals surface area (Å²) < 4.78 is 72.9. The summed E-state index contributed by atoms with van der Waals surface area (Å²) in [7, 11) is 2.02. The van der Waals surface area contributed by atoms with Crippen molar-refractivity contribution in [1.82, 2.24) is 9.97 Å². The lowest BCUT2D eigenvalue weighted by Gasteiger charge is -2.49. The summed E-state index contributed by atoms with van der Waals surface area (Å²) in [4.78, 5) is 23.4. The second-order valence-electron chi connectivity index (χ2n) is 25.6. The number of aliphatic hydroxyl groups is 1. The lowest BCUT2D eigenvalue weighted by atomic mass is 9.79. The smallest absolute Gasteiger partial charge is 0.330 e. The molecule has 7 heterocycles. The third-order valence-corrected chi connectivity index (χ3v) is 23.1. The van der Waals surface area contributed by atoms with Crippen molar-refractivity contribution in [3.63, 3.8) is 0 Å². The zero-order valence-electron chi connectivity index (χ0n) is 52.6. The maximum Gasteiger partial charge on any atom is 0.330 e. The summed E-state index contributed by atoms with van der Waals surface area (Å²) in [5.74, 6) is -0.681. The van der Waals surface area contributed by atoms with Gasteiger partial charge >= 0.3 is 5.97 Å². The first-order valence-electron chi connectivity index (χ1n) is 31.2. The topological polar surface area (TPSA) is 172 Å². The van der Waals surface area contributed by atoms with E-state index in [-0.39, 0.29) is 59.9 Å². The minimum atomic E-state index is -3.14. The third-order valence-electron chi connectivity index (χ3n) is 18.0. The van der Waals surface area contributed by atoms with Crippen molar-refractivity contribution in [3.05, 3.63) is 156 Å². The van der Waals surface area contributed by atoms with Crippen LogP contribution in [0.3, 0.4) is 0 Å². The number of fused-ring (bicyclic) bond motifs is 9. The number of oxazole rings is 2. The quantitative estimate of drug-likeness (QED) is 0.0458. The summed E-state index contributed by atoms with van der Waals surface area (Å²) in [5, 5.41) is 13.0. The first kappa shape index (κ1) is 65.1. The normalized spacial score (nSPS) is 31.6. The minimum Gasteiger partial charge on any atom is -0.458 e. The van der Waals surface area contributed by atoms with E-state index in [1.165, 1.54) is 6.08 Å². The third kappa shape index (κ3) is 15.9. The number of carbonyl (C=O) groups excluding carboxylic acids is 1. The number of methoxy groups -OCH3 is 3. The molecule has 0 radical (unpaired) electrons. The second-order valence-corrected chi connectivity index (χ2v) is 29.9. The number of nitrogens with zero attached hydrogens (tertiary/aromatic N) is 2. The molecular weight excluding hydrogens is 1100 g/mol. The maximum absolute atomic E-state index is 13.8. The van der Waals surface area contributed by atoms with Crippen LogP contribution < -0.4 is 10.4 Å². The molecule has 4 saturated heterocycles. The first-order valence-corrected chi connectivity index (χ1v) is 33.1. The Morgan fingerprint density at radius 2 is 1.62 bits per heavy atom. The van der Waals surface area contributed by atoms with E-state index < -0.39 is 56.7 Å². The van der Waals surface area contributed by atoms with Crippen LogP contribution in [0.25, 0.3) is 12.2 Å². The summed E-state index contributed by atoms with van der Waals surface area (Å²) in [6, 6.07) is 21.3. The van der Waals surface area contributed by atoms with E-state index >= 15 is 0 Å². The highest BCUT2D eigenvalue weighted by Crippen LogP contribution is 2.43. The van der Waals surface area contributed by atoms with E-state index in [1.54, 1.807) is 33.8 Å². The Balaban J connectivity index is 0.986. The highest BCUT2D eigenvalue weighted by Gasteiger charge is 2.54. The molecular formula is C70H94N2O13Si. The highest BCUT2D eigenvalue weighted by molar-refractivity contribution is 6.99. The van der Waals surface area contributed by atoms with Gasteiger partial charge in [0.05, 0.1) is 73.7 Å². The van der Waals surface area contributed by atoms with Crippen LogP contribution >= 0.6 is 0 Å². The van der Waals surface area contributed by atoms with Gasteiger partial charge in [0.2, 0.25) is 5.89 Å². The van der Waals surface area contributed by atoms with Crippen LogP contribution in [0.5, 0.6) is 0 Å². The minimum absolute atomic E-state index is 0.0185. The van der Waals surface area contributed by atoms with Gasteiger partial charge in [0.15, 0.2) is 11.7 Å². The molecule has 1 N–H and O–H groups in total. The predicted molar refractivity (Wildman–Crippen MR) is 335 cm³/mol. The Morgan fingerprint density at radius 3 is 2.30 bits per heavy atom. The van der Waals surface area contributed by atoms with Crippen LogP contribution in [0.15, 0.2) is 142 Å². The van der Waals surface area contributed by atoms with E-state index in [9.17, 15) is 9.90 Å². The molecule has 4 aromatic rings. The summed E-state index contributed by atoms with van der Waals surface area (Å²) in [5.41, 5.74) is 3.62. The van der Waals surface area contributed by atoms with Crippen molar-refractivity contribution in [3.8, 4) is 0 Å². The standard InChI is InChI=1S/C70H94N2O13Si/c1-13-22-51(75-10)32-31-45(2)35-63(85-86(69(7,8)9,57-24-16-14-17-25-57)58-26-18-15-19-27-58)62-40-55(76-11)41-70(77-12,84-62)42-65-71-43-56(81-65)36-47(4)67-49(6)68-48(5)60(82-67)28-21-29-64-72-59(44-78-64)61-38-50(73)37-54(80-61)39-53-34-46(3)33-52(79-53)23-20-30-66(74)83-68/h14-21,24-27,29-32,35-36,43-44,48-55,60-63,67-68,73H,3,13,22-23,28,33-34,37-42H2,1-2,4-12H3/b29-21-,30-20-,32-31+,45-35+,47-36+. The summed E-state index contributed by atoms with van der Waals surface area (Å²) in [6.45, 7) is 21.6. The van der Waals surface area contributed by atoms with E-state index in [1.807, 2.05) is 31.2 Å². The fraction of sp³-hybridized carbons (Fsp3) is 0.557. The van der Waals surface area contributed by atoms with Crippen molar-refractivity contribution < 1.29 is 61.1 Å². The van der Waals surface area contributed by atoms with Crippen LogP contribution in [0.2, 0.25) is 5.04 Å². The van der Waals surface area contributed by atoms with Gasteiger partial charge in [-0.25, -0.2) is 14.8 Å². The molecule has 4 fully saturated rings. The number of esters is 1. The molecule has 15 nitrogen and oxygen atoms in total. The average Bonchev–Trinajstić information content (AvgIpc) is 0.963. The Kier molecular flexibility index (Phi) is 22.2. The van der Waals surface area contributed by atoms with Crippen molar-refractivity contribution in [2.75, 3.05) is 21.3 Å². The van der Waals surface area contributed by atoms with Gasteiger partial charge in [0.1, 0.15) is 29.9 Å². The Hall–Kier alpha value is -5.37. The molecule has 9 rings (SSSR count). The van der Waals surface area contributed by atoms with Crippen LogP contribution in [0, 0.1) is 11.8 Å². The van der Waals surface area contributed by atoms with Gasteiger partial charge in [0.25, 0.3) is 8.32 Å². The van der Waals surface area contributed by atoms with Gasteiger partial charge in [-0.15, -0.1) is 0 Å². The molecule has 2 aromatic carbocycles. The monoisotopic (exact) mass is 1200 g/mol. The number of allylic oxidation sites excluding steroid dienone is 2. The van der Waals surface area contributed by atoms with Crippen LogP contribution in [0.4, 0.5) is 0 Å².